The predicted molar refractivity (Wildman–Crippen MR) is 195 cm³/mol. The first-order chi connectivity index (χ1) is 26.9. The van der Waals surface area contributed by atoms with Gasteiger partial charge < -0.3 is 28.3 Å². The van der Waals surface area contributed by atoms with E-state index >= 15 is 0 Å². The highest BCUT2D eigenvalue weighted by atomic mass is 35.5. The maximum Gasteiger partial charge on any atom is 0.515 e. The summed E-state index contributed by atoms with van der Waals surface area (Å²) in [6.45, 7) is 6.78. The van der Waals surface area contributed by atoms with Gasteiger partial charge in [0.15, 0.2) is 10.8 Å². The Hall–Kier alpha value is -5.92. The number of imidazole rings is 1. The highest BCUT2D eigenvalue weighted by Gasteiger charge is 2.26. The Morgan fingerprint density at radius 2 is 1.64 bits per heavy atom. The second kappa shape index (κ2) is 19.6. The summed E-state index contributed by atoms with van der Waals surface area (Å²) in [4.78, 5) is 47.7. The highest BCUT2D eigenvalue weighted by molar-refractivity contribution is 6.32. The number of unbranched alkanes of at least 4 members (excludes halogenated alkanes) is 1. The van der Waals surface area contributed by atoms with E-state index in [1.54, 1.807) is 30.5 Å². The molecule has 0 saturated heterocycles. The van der Waals surface area contributed by atoms with Crippen LogP contribution in [-0.4, -0.2) is 76.7 Å². The van der Waals surface area contributed by atoms with Crippen LogP contribution in [0.2, 0.25) is 5.15 Å². The number of tetrazole rings is 1. The molecule has 0 aliphatic heterocycles. The summed E-state index contributed by atoms with van der Waals surface area (Å²) >= 11 is 6.48. The average Bonchev–Trinajstić information content (AvgIpc) is 3.78. The summed E-state index contributed by atoms with van der Waals surface area (Å²) in [5, 5.41) is 29.8. The number of hydrogen-bond donors (Lipinski definition) is 2. The number of aromatic nitrogens is 6. The summed E-state index contributed by atoms with van der Waals surface area (Å²) in [5.41, 5.74) is 3.67. The first kappa shape index (κ1) is 41.2. The first-order valence-electron chi connectivity index (χ1n) is 17.5. The van der Waals surface area contributed by atoms with Crippen molar-refractivity contribution in [3.8, 4) is 28.3 Å². The molecule has 2 N–H and O–H groups in total. The Morgan fingerprint density at radius 3 is 2.36 bits per heavy atom. The van der Waals surface area contributed by atoms with Crippen LogP contribution in [0.1, 0.15) is 74.2 Å². The topological polar surface area (TPSA) is 212 Å². The standard InChI is InChI=1S/C37H40ClN7O11/c1-5-7-15-31-39-33(38)32(35(46)54-24(4)55-36(47)51-6-2)43(31)21-25-16-18-27(19-17-25)29-13-8-9-14-30(29)34-40-42-44(41-34)23(3)53-37(48)56-28-12-10-11-26(20-28)22-52-45(49)50/h8-14,16-20,23-24,49-50H,5-7,15,21-22H2,1-4H3. The molecule has 0 amide bonds. The lowest BCUT2D eigenvalue weighted by atomic mass is 9.98. The molecule has 0 bridgehead atoms. The highest BCUT2D eigenvalue weighted by Crippen LogP contribution is 2.31. The lowest BCUT2D eigenvalue weighted by Gasteiger charge is -2.16. The second-order valence-corrected chi connectivity index (χ2v) is 12.4. The van der Waals surface area contributed by atoms with Gasteiger partial charge in [0.05, 0.1) is 18.6 Å². The minimum absolute atomic E-state index is 0.0244. The van der Waals surface area contributed by atoms with Crippen molar-refractivity contribution >= 4 is 29.9 Å². The molecule has 5 rings (SSSR count). The zero-order valence-electron chi connectivity index (χ0n) is 30.9. The van der Waals surface area contributed by atoms with E-state index in [1.807, 2.05) is 55.5 Å². The molecular formula is C37H40ClN7O11. The largest absolute Gasteiger partial charge is 0.515 e. The van der Waals surface area contributed by atoms with Gasteiger partial charge in [0.1, 0.15) is 11.6 Å². The molecular weight excluding hydrogens is 754 g/mol. The van der Waals surface area contributed by atoms with E-state index in [-0.39, 0.29) is 42.2 Å². The minimum atomic E-state index is -1.23. The Morgan fingerprint density at radius 1 is 0.893 bits per heavy atom. The lowest BCUT2D eigenvalue weighted by molar-refractivity contribution is -0.497. The van der Waals surface area contributed by atoms with Crippen LogP contribution in [0.15, 0.2) is 72.8 Å². The zero-order chi connectivity index (χ0) is 40.2. The van der Waals surface area contributed by atoms with Crippen LogP contribution in [0.3, 0.4) is 0 Å². The van der Waals surface area contributed by atoms with Crippen molar-refractivity contribution in [1.82, 2.24) is 35.1 Å². The number of ether oxygens (including phenoxy) is 5. The van der Waals surface area contributed by atoms with Crippen LogP contribution in [0, 0.1) is 0 Å². The smallest absolute Gasteiger partial charge is 0.435 e. The molecule has 0 fully saturated rings. The third-order valence-corrected chi connectivity index (χ3v) is 8.25. The van der Waals surface area contributed by atoms with Gasteiger partial charge in [-0.1, -0.05) is 85.6 Å². The molecule has 2 unspecified atom stereocenters. The molecule has 2 aromatic heterocycles. The van der Waals surface area contributed by atoms with E-state index in [2.05, 4.69) is 25.2 Å². The SMILES string of the molecule is CCCCc1nc(Cl)c(C(=O)OC(C)OC(=O)OCC)n1Cc1ccc(-c2ccccc2-c2nnn(C(C)OC(=O)Oc3cccc(CON(O)O)c3)n2)cc1. The van der Waals surface area contributed by atoms with Crippen LogP contribution in [-0.2, 0) is 43.4 Å². The van der Waals surface area contributed by atoms with Crippen molar-refractivity contribution in [2.24, 2.45) is 0 Å². The van der Waals surface area contributed by atoms with Gasteiger partial charge >= 0.3 is 18.3 Å². The monoisotopic (exact) mass is 793 g/mol. The van der Waals surface area contributed by atoms with Crippen LogP contribution in [0.25, 0.3) is 22.5 Å². The number of carbonyl (C=O) groups excluding carboxylic acids is 3. The maximum absolute atomic E-state index is 13.3. The second-order valence-electron chi connectivity index (χ2n) is 12.0. The summed E-state index contributed by atoms with van der Waals surface area (Å²) in [6.07, 6.45) is -1.93. The third-order valence-electron chi connectivity index (χ3n) is 7.99. The quantitative estimate of drug-likeness (QED) is 0.0314. The molecule has 5 aromatic rings. The Kier molecular flexibility index (Phi) is 14.4. The normalized spacial score (nSPS) is 12.2. The number of nitrogens with zero attached hydrogens (tertiary/aromatic N) is 7. The number of halogens is 1. The molecule has 0 spiro atoms. The first-order valence-corrected chi connectivity index (χ1v) is 17.9. The van der Waals surface area contributed by atoms with Crippen molar-refractivity contribution in [3.05, 3.63) is 101 Å². The minimum Gasteiger partial charge on any atom is -0.435 e. The van der Waals surface area contributed by atoms with Crippen molar-refractivity contribution in [2.45, 2.75) is 72.6 Å². The molecule has 2 heterocycles. The maximum atomic E-state index is 13.3. The van der Waals surface area contributed by atoms with Gasteiger partial charge in [-0.15, -0.1) is 15.0 Å². The van der Waals surface area contributed by atoms with Gasteiger partial charge in [0, 0.05) is 25.5 Å². The molecule has 56 heavy (non-hydrogen) atoms. The molecule has 0 aliphatic rings. The van der Waals surface area contributed by atoms with E-state index in [4.69, 9.17) is 45.7 Å². The number of carbonyl (C=O) groups is 3. The summed E-state index contributed by atoms with van der Waals surface area (Å²) in [6, 6.07) is 21.3. The van der Waals surface area contributed by atoms with Crippen molar-refractivity contribution in [3.63, 3.8) is 0 Å². The van der Waals surface area contributed by atoms with Crippen molar-refractivity contribution < 1.29 is 53.3 Å². The lowest BCUT2D eigenvalue weighted by Crippen LogP contribution is -2.24. The van der Waals surface area contributed by atoms with Crippen LogP contribution in [0.4, 0.5) is 9.59 Å². The Bertz CT molecular complexity index is 2110. The fraction of sp³-hybridized carbons (Fsp3) is 0.324. The summed E-state index contributed by atoms with van der Waals surface area (Å²) in [5.74, 6) is 0.220. The molecule has 296 valence electrons. The third kappa shape index (κ3) is 11.1. The number of aryl methyl sites for hydroxylation is 1. The zero-order valence-corrected chi connectivity index (χ0v) is 31.7. The van der Waals surface area contributed by atoms with Gasteiger partial charge in [-0.25, -0.2) is 24.2 Å². The van der Waals surface area contributed by atoms with Gasteiger partial charge in [-0.2, -0.15) is 0 Å². The molecule has 0 radical (unpaired) electrons. The van der Waals surface area contributed by atoms with Crippen LogP contribution < -0.4 is 4.74 Å². The molecule has 3 aromatic carbocycles. The number of esters is 1. The van der Waals surface area contributed by atoms with Crippen LogP contribution >= 0.6 is 11.6 Å². The summed E-state index contributed by atoms with van der Waals surface area (Å²) < 4.78 is 27.4. The van der Waals surface area contributed by atoms with Crippen molar-refractivity contribution in [2.75, 3.05) is 6.61 Å². The van der Waals surface area contributed by atoms with Gasteiger partial charge in [0.25, 0.3) is 0 Å². The molecule has 2 atom stereocenters. The van der Waals surface area contributed by atoms with E-state index in [0.717, 1.165) is 34.3 Å². The number of benzene rings is 3. The number of hydrogen-bond acceptors (Lipinski definition) is 16. The fourth-order valence-electron chi connectivity index (χ4n) is 5.40. The average molecular weight is 794 g/mol. The predicted octanol–water partition coefficient (Wildman–Crippen LogP) is 7.17. The number of rotatable bonds is 17. The molecule has 18 nitrogen and oxygen atoms in total. The van der Waals surface area contributed by atoms with E-state index in [1.165, 1.54) is 19.1 Å². The molecule has 0 aliphatic carbocycles. The fourth-order valence-corrected chi connectivity index (χ4v) is 5.68. The van der Waals surface area contributed by atoms with Gasteiger partial charge in [0.2, 0.25) is 18.3 Å². The van der Waals surface area contributed by atoms with Gasteiger partial charge in [-0.05, 0) is 59.9 Å². The molecule has 19 heteroatoms. The van der Waals surface area contributed by atoms with Gasteiger partial charge in [-0.3, -0.25) is 10.4 Å². The Labute approximate surface area is 325 Å². The Balaban J connectivity index is 1.29. The molecule has 0 saturated carbocycles. The van der Waals surface area contributed by atoms with Crippen molar-refractivity contribution in [1.29, 1.82) is 0 Å². The van der Waals surface area contributed by atoms with E-state index in [0.29, 0.717) is 23.4 Å². The van der Waals surface area contributed by atoms with E-state index in [9.17, 15) is 14.4 Å². The van der Waals surface area contributed by atoms with E-state index < -0.39 is 36.2 Å². The van der Waals surface area contributed by atoms with Crippen LogP contribution in [0.5, 0.6) is 5.75 Å². The summed E-state index contributed by atoms with van der Waals surface area (Å²) in [7, 11) is 0.